The molecule has 35 heavy (non-hydrogen) atoms. The Labute approximate surface area is 213 Å². The number of likely N-dealkylation sites (N-methyl/N-ethyl adjacent to an activating group) is 1. The molecular weight excluding hydrogens is 440 g/mol. The number of hydrogen-bond acceptors (Lipinski definition) is 4. The van der Waals surface area contributed by atoms with Crippen LogP contribution in [0.4, 0.5) is 0 Å². The fourth-order valence-electron chi connectivity index (χ4n) is 5.41. The lowest BCUT2D eigenvalue weighted by atomic mass is 9.95. The zero-order valence-corrected chi connectivity index (χ0v) is 23.5. The zero-order valence-electron chi connectivity index (χ0n) is 23.5. The van der Waals surface area contributed by atoms with Gasteiger partial charge in [0.05, 0.1) is 12.1 Å². The van der Waals surface area contributed by atoms with Crippen molar-refractivity contribution in [1.82, 2.24) is 20.0 Å². The number of nitrogens with one attached hydrogen (secondary N) is 1. The third kappa shape index (κ3) is 7.80. The number of nitrogens with zero attached hydrogens (tertiary/aromatic N) is 3. The highest BCUT2D eigenvalue weighted by molar-refractivity contribution is 5.93. The summed E-state index contributed by atoms with van der Waals surface area (Å²) in [5.74, 6) is 0.000526. The summed E-state index contributed by atoms with van der Waals surface area (Å²) in [5.41, 5.74) is 0.685. The molecule has 7 heteroatoms. The topological polar surface area (TPSA) is 73.0 Å². The van der Waals surface area contributed by atoms with E-state index in [9.17, 15) is 14.4 Å². The van der Waals surface area contributed by atoms with Crippen LogP contribution in [0.25, 0.3) is 0 Å². The SMILES string of the molecule is C/C(=C\[C@H](C(C)C)N(C)C(=O)[C@@H](NC(=O)C1CCCCN1C(C)C)C(C)C)C(=O)N1CCCCC1. The average Bonchev–Trinajstić information content (AvgIpc) is 2.84. The maximum absolute atomic E-state index is 13.7. The van der Waals surface area contributed by atoms with Gasteiger partial charge in [-0.25, -0.2) is 0 Å². The van der Waals surface area contributed by atoms with E-state index >= 15 is 0 Å². The maximum Gasteiger partial charge on any atom is 0.249 e. The van der Waals surface area contributed by atoms with Crippen molar-refractivity contribution in [3.05, 3.63) is 11.6 Å². The quantitative estimate of drug-likeness (QED) is 0.499. The summed E-state index contributed by atoms with van der Waals surface area (Å²) in [5, 5.41) is 3.11. The summed E-state index contributed by atoms with van der Waals surface area (Å²) in [6.45, 7) is 16.7. The van der Waals surface area contributed by atoms with Gasteiger partial charge < -0.3 is 15.1 Å². The van der Waals surface area contributed by atoms with Gasteiger partial charge in [-0.1, -0.05) is 40.2 Å². The highest BCUT2D eigenvalue weighted by Gasteiger charge is 2.36. The van der Waals surface area contributed by atoms with Gasteiger partial charge in [0.15, 0.2) is 0 Å². The van der Waals surface area contributed by atoms with E-state index < -0.39 is 6.04 Å². The summed E-state index contributed by atoms with van der Waals surface area (Å²) in [7, 11) is 1.80. The van der Waals surface area contributed by atoms with Crippen LogP contribution in [0.1, 0.15) is 87.0 Å². The van der Waals surface area contributed by atoms with Crippen LogP contribution in [-0.4, -0.2) is 83.3 Å². The summed E-state index contributed by atoms with van der Waals surface area (Å²) < 4.78 is 0. The second kappa shape index (κ2) is 13.4. The fraction of sp³-hybridized carbons (Fsp3) is 0.821. The van der Waals surface area contributed by atoms with Gasteiger partial charge in [-0.05, 0) is 71.3 Å². The van der Waals surface area contributed by atoms with Crippen LogP contribution in [0.5, 0.6) is 0 Å². The Balaban J connectivity index is 2.17. The number of piperidine rings is 2. The summed E-state index contributed by atoms with van der Waals surface area (Å²) >= 11 is 0. The maximum atomic E-state index is 13.7. The lowest BCUT2D eigenvalue weighted by Crippen LogP contribution is -2.58. The van der Waals surface area contributed by atoms with Crippen LogP contribution in [-0.2, 0) is 14.4 Å². The van der Waals surface area contributed by atoms with Crippen LogP contribution in [0.3, 0.4) is 0 Å². The molecule has 1 N–H and O–H groups in total. The van der Waals surface area contributed by atoms with Crippen LogP contribution < -0.4 is 5.32 Å². The minimum absolute atomic E-state index is 0.0436. The first kappa shape index (κ1) is 29.3. The molecule has 2 saturated heterocycles. The highest BCUT2D eigenvalue weighted by atomic mass is 16.2. The Kier molecular flexibility index (Phi) is 11.3. The summed E-state index contributed by atoms with van der Waals surface area (Å²) in [6, 6.07) is -0.724. The van der Waals surface area contributed by atoms with Crippen molar-refractivity contribution < 1.29 is 14.4 Å². The molecule has 2 heterocycles. The number of carbonyl (C=O) groups excluding carboxylic acids is 3. The smallest absolute Gasteiger partial charge is 0.249 e. The Morgan fingerprint density at radius 2 is 1.49 bits per heavy atom. The molecule has 3 atom stereocenters. The second-order valence-electron chi connectivity index (χ2n) is 11.5. The second-order valence-corrected chi connectivity index (χ2v) is 11.5. The Morgan fingerprint density at radius 3 is 2.03 bits per heavy atom. The molecular formula is C28H50N4O3. The molecule has 2 rings (SSSR count). The predicted octanol–water partition coefficient (Wildman–Crippen LogP) is 3.83. The van der Waals surface area contributed by atoms with Crippen LogP contribution in [0, 0.1) is 11.8 Å². The Morgan fingerprint density at radius 1 is 0.886 bits per heavy atom. The van der Waals surface area contributed by atoms with E-state index in [4.69, 9.17) is 0 Å². The van der Waals surface area contributed by atoms with Crippen molar-refractivity contribution in [3.63, 3.8) is 0 Å². The third-order valence-corrected chi connectivity index (χ3v) is 7.62. The molecule has 0 aromatic rings. The van der Waals surface area contributed by atoms with Crippen molar-refractivity contribution in [1.29, 1.82) is 0 Å². The van der Waals surface area contributed by atoms with Crippen molar-refractivity contribution in [2.24, 2.45) is 11.8 Å². The lowest BCUT2D eigenvalue weighted by molar-refractivity contribution is -0.140. The molecule has 2 aliphatic rings. The van der Waals surface area contributed by atoms with E-state index in [1.165, 1.54) is 6.42 Å². The molecule has 3 amide bonds. The first-order valence-corrected chi connectivity index (χ1v) is 13.8. The van der Waals surface area contributed by atoms with Gasteiger partial charge in [0.25, 0.3) is 0 Å². The molecule has 1 unspecified atom stereocenters. The molecule has 2 aliphatic heterocycles. The first-order valence-electron chi connectivity index (χ1n) is 13.8. The minimum Gasteiger partial charge on any atom is -0.343 e. The molecule has 0 aliphatic carbocycles. The number of carbonyl (C=O) groups is 3. The van der Waals surface area contributed by atoms with E-state index in [2.05, 4.69) is 37.9 Å². The van der Waals surface area contributed by atoms with Gasteiger partial charge in [-0.15, -0.1) is 0 Å². The van der Waals surface area contributed by atoms with Gasteiger partial charge in [-0.3, -0.25) is 19.3 Å². The number of rotatable bonds is 9. The van der Waals surface area contributed by atoms with Gasteiger partial charge >= 0.3 is 0 Å². The van der Waals surface area contributed by atoms with E-state index in [0.717, 1.165) is 51.7 Å². The molecule has 0 aromatic heterocycles. The van der Waals surface area contributed by atoms with Gasteiger partial charge in [0.2, 0.25) is 17.7 Å². The molecule has 2 fully saturated rings. The molecule has 0 aromatic carbocycles. The van der Waals surface area contributed by atoms with Gasteiger partial charge in [0, 0.05) is 31.8 Å². The normalized spacial score (nSPS) is 21.9. The summed E-state index contributed by atoms with van der Waals surface area (Å²) in [6.07, 6.45) is 8.19. The van der Waals surface area contributed by atoms with E-state index in [0.29, 0.717) is 5.57 Å². The molecule has 0 spiro atoms. The molecule has 7 nitrogen and oxygen atoms in total. The molecule has 200 valence electrons. The molecule has 0 bridgehead atoms. The van der Waals surface area contributed by atoms with E-state index in [1.54, 1.807) is 11.9 Å². The van der Waals surface area contributed by atoms with E-state index in [-0.39, 0.29) is 47.7 Å². The summed E-state index contributed by atoms with van der Waals surface area (Å²) in [4.78, 5) is 45.9. The minimum atomic E-state index is -0.601. The van der Waals surface area contributed by atoms with Crippen molar-refractivity contribution in [2.45, 2.75) is 111 Å². The van der Waals surface area contributed by atoms with E-state index in [1.807, 2.05) is 31.7 Å². The van der Waals surface area contributed by atoms with Crippen LogP contribution in [0.15, 0.2) is 11.6 Å². The molecule has 0 saturated carbocycles. The van der Waals surface area contributed by atoms with Gasteiger partial charge in [0.1, 0.15) is 6.04 Å². The Bertz CT molecular complexity index is 755. The monoisotopic (exact) mass is 490 g/mol. The van der Waals surface area contributed by atoms with Crippen molar-refractivity contribution in [3.8, 4) is 0 Å². The molecule has 0 radical (unpaired) electrons. The standard InChI is InChI=1S/C28H50N4O3/c1-19(2)24(18-22(7)27(34)31-15-11-9-12-16-31)30(8)28(35)25(20(3)4)29-26(33)23-14-10-13-17-32(23)21(5)6/h18-21,23-25H,9-17H2,1-8H3,(H,29,33)/b22-18+/t23?,24-,25+/m1/s1. The lowest BCUT2D eigenvalue weighted by Gasteiger charge is -2.39. The van der Waals surface area contributed by atoms with Crippen LogP contribution in [0.2, 0.25) is 0 Å². The van der Waals surface area contributed by atoms with Crippen molar-refractivity contribution in [2.75, 3.05) is 26.7 Å². The number of likely N-dealkylation sites (tertiary alicyclic amines) is 2. The van der Waals surface area contributed by atoms with Gasteiger partial charge in [-0.2, -0.15) is 0 Å². The number of amides is 3. The zero-order chi connectivity index (χ0) is 26.3. The third-order valence-electron chi connectivity index (χ3n) is 7.62. The Hall–Kier alpha value is -1.89. The number of hydrogen-bond donors (Lipinski definition) is 1. The average molecular weight is 491 g/mol. The van der Waals surface area contributed by atoms with Crippen LogP contribution >= 0.6 is 0 Å². The fourth-order valence-corrected chi connectivity index (χ4v) is 5.41. The largest absolute Gasteiger partial charge is 0.343 e. The predicted molar refractivity (Wildman–Crippen MR) is 142 cm³/mol. The highest BCUT2D eigenvalue weighted by Crippen LogP contribution is 2.22. The first-order chi connectivity index (χ1) is 16.5. The van der Waals surface area contributed by atoms with Crippen molar-refractivity contribution >= 4 is 17.7 Å².